The molecule has 0 fully saturated rings. The molecule has 1 unspecified atom stereocenters. The van der Waals surface area contributed by atoms with Crippen LogP contribution in [-0.2, 0) is 7.05 Å². The molecule has 0 saturated carbocycles. The van der Waals surface area contributed by atoms with Gasteiger partial charge in [-0.25, -0.2) is 4.98 Å². The molecule has 0 amide bonds. The van der Waals surface area contributed by atoms with Crippen molar-refractivity contribution in [3.63, 3.8) is 0 Å². The van der Waals surface area contributed by atoms with Gasteiger partial charge in [-0.15, -0.1) is 0 Å². The number of nitrogens with one attached hydrogen (secondary N) is 1. The standard InChI is InChI=1S/C15H21N3O/c1-5-16-15(13-9-18(3)10-17-13)12-8-11(2)6-7-14(12)19-4/h6-10,15-16H,5H2,1-4H3. The molecule has 1 aromatic carbocycles. The highest BCUT2D eigenvalue weighted by Gasteiger charge is 2.19. The first-order chi connectivity index (χ1) is 9.15. The van der Waals surface area contributed by atoms with Crippen molar-refractivity contribution in [2.24, 2.45) is 7.05 Å². The molecule has 0 aliphatic rings. The maximum atomic E-state index is 5.48. The summed E-state index contributed by atoms with van der Waals surface area (Å²) in [5.74, 6) is 0.891. The van der Waals surface area contributed by atoms with Crippen molar-refractivity contribution >= 4 is 0 Å². The molecule has 0 spiro atoms. The minimum absolute atomic E-state index is 0.0565. The zero-order chi connectivity index (χ0) is 13.8. The van der Waals surface area contributed by atoms with Gasteiger partial charge in [-0.3, -0.25) is 0 Å². The van der Waals surface area contributed by atoms with E-state index in [1.807, 2.05) is 30.2 Å². The van der Waals surface area contributed by atoms with Crippen molar-refractivity contribution in [3.8, 4) is 5.75 Å². The van der Waals surface area contributed by atoms with E-state index in [4.69, 9.17) is 4.74 Å². The van der Waals surface area contributed by atoms with Gasteiger partial charge in [0.05, 0.1) is 25.2 Å². The molecular formula is C15H21N3O. The third-order valence-electron chi connectivity index (χ3n) is 3.13. The van der Waals surface area contributed by atoms with E-state index in [1.165, 1.54) is 5.56 Å². The molecule has 102 valence electrons. The maximum absolute atomic E-state index is 5.48. The van der Waals surface area contributed by atoms with Crippen molar-refractivity contribution < 1.29 is 4.74 Å². The molecule has 2 aromatic rings. The van der Waals surface area contributed by atoms with E-state index in [9.17, 15) is 0 Å². The molecule has 2 rings (SSSR count). The fraction of sp³-hybridized carbons (Fsp3) is 0.400. The lowest BCUT2D eigenvalue weighted by Crippen LogP contribution is -2.23. The molecule has 1 N–H and O–H groups in total. The molecule has 0 aliphatic carbocycles. The average Bonchev–Trinajstić information content (AvgIpc) is 2.82. The minimum atomic E-state index is 0.0565. The number of aromatic nitrogens is 2. The number of hydrogen-bond donors (Lipinski definition) is 1. The summed E-state index contributed by atoms with van der Waals surface area (Å²) < 4.78 is 7.44. The number of ether oxygens (including phenoxy) is 1. The molecule has 4 heteroatoms. The molecule has 1 aromatic heterocycles. The fourth-order valence-electron chi connectivity index (χ4n) is 2.24. The van der Waals surface area contributed by atoms with E-state index in [0.717, 1.165) is 23.6 Å². The first-order valence-electron chi connectivity index (χ1n) is 6.51. The summed E-state index contributed by atoms with van der Waals surface area (Å²) in [5, 5.41) is 3.47. The molecule has 0 radical (unpaired) electrons. The van der Waals surface area contributed by atoms with Crippen LogP contribution in [0, 0.1) is 6.92 Å². The van der Waals surface area contributed by atoms with Crippen LogP contribution < -0.4 is 10.1 Å². The van der Waals surface area contributed by atoms with Crippen molar-refractivity contribution in [3.05, 3.63) is 47.5 Å². The first kappa shape index (κ1) is 13.6. The van der Waals surface area contributed by atoms with Gasteiger partial charge in [0.1, 0.15) is 5.75 Å². The van der Waals surface area contributed by atoms with Crippen LogP contribution in [0.5, 0.6) is 5.75 Å². The van der Waals surface area contributed by atoms with Crippen LogP contribution in [0.1, 0.15) is 29.8 Å². The molecule has 0 saturated heterocycles. The topological polar surface area (TPSA) is 39.1 Å². The van der Waals surface area contributed by atoms with E-state index < -0.39 is 0 Å². The second-order valence-electron chi connectivity index (χ2n) is 4.70. The van der Waals surface area contributed by atoms with Gasteiger partial charge in [0.25, 0.3) is 0 Å². The summed E-state index contributed by atoms with van der Waals surface area (Å²) >= 11 is 0. The van der Waals surface area contributed by atoms with Crippen molar-refractivity contribution in [1.82, 2.24) is 14.9 Å². The number of imidazole rings is 1. The lowest BCUT2D eigenvalue weighted by molar-refractivity contribution is 0.403. The number of benzene rings is 1. The van der Waals surface area contributed by atoms with Crippen molar-refractivity contribution in [2.45, 2.75) is 19.9 Å². The number of hydrogen-bond acceptors (Lipinski definition) is 3. The van der Waals surface area contributed by atoms with E-state index in [0.29, 0.717) is 0 Å². The Balaban J connectivity index is 2.46. The first-order valence-corrected chi connectivity index (χ1v) is 6.51. The average molecular weight is 259 g/mol. The number of rotatable bonds is 5. The van der Waals surface area contributed by atoms with E-state index >= 15 is 0 Å². The maximum Gasteiger partial charge on any atom is 0.124 e. The highest BCUT2D eigenvalue weighted by molar-refractivity contribution is 5.42. The molecule has 0 aliphatic heterocycles. The Morgan fingerprint density at radius 1 is 1.42 bits per heavy atom. The predicted octanol–water partition coefficient (Wildman–Crippen LogP) is 2.44. The van der Waals surface area contributed by atoms with Crippen molar-refractivity contribution in [1.29, 1.82) is 0 Å². The van der Waals surface area contributed by atoms with Crippen LogP contribution in [0.2, 0.25) is 0 Å². The molecule has 0 bridgehead atoms. The zero-order valence-corrected chi connectivity index (χ0v) is 12.0. The van der Waals surface area contributed by atoms with Gasteiger partial charge in [0, 0.05) is 18.8 Å². The zero-order valence-electron chi connectivity index (χ0n) is 12.0. The van der Waals surface area contributed by atoms with Crippen LogP contribution in [-0.4, -0.2) is 23.2 Å². The van der Waals surface area contributed by atoms with E-state index in [2.05, 4.69) is 36.3 Å². The molecule has 4 nitrogen and oxygen atoms in total. The monoisotopic (exact) mass is 259 g/mol. The highest BCUT2D eigenvalue weighted by atomic mass is 16.5. The van der Waals surface area contributed by atoms with Gasteiger partial charge in [0.2, 0.25) is 0 Å². The van der Waals surface area contributed by atoms with Crippen LogP contribution in [0.4, 0.5) is 0 Å². The third kappa shape index (κ3) is 2.96. The van der Waals surface area contributed by atoms with Gasteiger partial charge in [0.15, 0.2) is 0 Å². The lowest BCUT2D eigenvalue weighted by atomic mass is 10.0. The summed E-state index contributed by atoms with van der Waals surface area (Å²) in [6, 6.07) is 6.28. The van der Waals surface area contributed by atoms with Crippen LogP contribution in [0.25, 0.3) is 0 Å². The Bertz CT molecular complexity index is 548. The van der Waals surface area contributed by atoms with Gasteiger partial charge in [-0.2, -0.15) is 0 Å². The Labute approximate surface area is 114 Å². The van der Waals surface area contributed by atoms with Crippen LogP contribution >= 0.6 is 0 Å². The van der Waals surface area contributed by atoms with Gasteiger partial charge in [-0.05, 0) is 19.5 Å². The molecule has 1 heterocycles. The van der Waals surface area contributed by atoms with Crippen LogP contribution in [0.3, 0.4) is 0 Å². The molecule has 19 heavy (non-hydrogen) atoms. The summed E-state index contributed by atoms with van der Waals surface area (Å²) in [6.07, 6.45) is 3.86. The van der Waals surface area contributed by atoms with E-state index in [1.54, 1.807) is 7.11 Å². The smallest absolute Gasteiger partial charge is 0.124 e. The van der Waals surface area contributed by atoms with Crippen molar-refractivity contribution in [2.75, 3.05) is 13.7 Å². The molecular weight excluding hydrogens is 238 g/mol. The minimum Gasteiger partial charge on any atom is -0.496 e. The Kier molecular flexibility index (Phi) is 4.22. The number of nitrogens with zero attached hydrogens (tertiary/aromatic N) is 2. The Morgan fingerprint density at radius 3 is 2.79 bits per heavy atom. The second-order valence-corrected chi connectivity index (χ2v) is 4.70. The quantitative estimate of drug-likeness (QED) is 0.896. The molecule has 1 atom stereocenters. The number of aryl methyl sites for hydroxylation is 2. The van der Waals surface area contributed by atoms with Gasteiger partial charge < -0.3 is 14.6 Å². The summed E-state index contributed by atoms with van der Waals surface area (Å²) in [5.41, 5.74) is 3.35. The summed E-state index contributed by atoms with van der Waals surface area (Å²) in [6.45, 7) is 5.06. The summed E-state index contributed by atoms with van der Waals surface area (Å²) in [4.78, 5) is 4.46. The third-order valence-corrected chi connectivity index (χ3v) is 3.13. The Morgan fingerprint density at radius 2 is 2.21 bits per heavy atom. The normalized spacial score (nSPS) is 12.4. The second kappa shape index (κ2) is 5.89. The van der Waals surface area contributed by atoms with Gasteiger partial charge >= 0.3 is 0 Å². The highest BCUT2D eigenvalue weighted by Crippen LogP contribution is 2.30. The fourth-order valence-corrected chi connectivity index (χ4v) is 2.24. The SMILES string of the molecule is CCNC(c1cn(C)cn1)c1cc(C)ccc1OC. The Hall–Kier alpha value is -1.81. The summed E-state index contributed by atoms with van der Waals surface area (Å²) in [7, 11) is 3.68. The largest absolute Gasteiger partial charge is 0.496 e. The lowest BCUT2D eigenvalue weighted by Gasteiger charge is -2.19. The number of methoxy groups -OCH3 is 1. The van der Waals surface area contributed by atoms with Crippen LogP contribution in [0.15, 0.2) is 30.7 Å². The predicted molar refractivity (Wildman–Crippen MR) is 76.5 cm³/mol. The van der Waals surface area contributed by atoms with E-state index in [-0.39, 0.29) is 6.04 Å². The van der Waals surface area contributed by atoms with Gasteiger partial charge in [-0.1, -0.05) is 24.6 Å².